The molecule has 0 aliphatic heterocycles. The van der Waals surface area contributed by atoms with Crippen LogP contribution in [-0.4, -0.2) is 21.5 Å². The third kappa shape index (κ3) is 4.05. The van der Waals surface area contributed by atoms with Gasteiger partial charge in [-0.15, -0.1) is 0 Å². The molecule has 1 atom stereocenters. The molecule has 0 spiro atoms. The van der Waals surface area contributed by atoms with Gasteiger partial charge in [0.1, 0.15) is 0 Å². The zero-order valence-electron chi connectivity index (χ0n) is 11.7. The Morgan fingerprint density at radius 1 is 1.11 bits per heavy atom. The topological polar surface area (TPSA) is 34.1 Å². The highest BCUT2D eigenvalue weighted by Gasteiger charge is 2.13. The molecule has 0 N–H and O–H groups in total. The van der Waals surface area contributed by atoms with Crippen molar-refractivity contribution in [2.24, 2.45) is 0 Å². The maximum absolute atomic E-state index is 12.1. The van der Waals surface area contributed by atoms with Crippen molar-refractivity contribution in [2.75, 3.05) is 11.5 Å². The van der Waals surface area contributed by atoms with Gasteiger partial charge < -0.3 is 0 Å². The monoisotopic (exact) mass is 266 g/mol. The van der Waals surface area contributed by atoms with Crippen molar-refractivity contribution in [1.29, 1.82) is 0 Å². The maximum atomic E-state index is 12.1. The van der Waals surface area contributed by atoms with E-state index in [1.807, 2.05) is 32.9 Å². The van der Waals surface area contributed by atoms with Crippen LogP contribution in [0.4, 0.5) is 0 Å². The summed E-state index contributed by atoms with van der Waals surface area (Å²) in [5.41, 5.74) is 4.01. The molecule has 0 aliphatic carbocycles. The van der Waals surface area contributed by atoms with E-state index >= 15 is 0 Å². The van der Waals surface area contributed by atoms with E-state index in [0.717, 1.165) is 29.5 Å². The zero-order chi connectivity index (χ0) is 13.7. The molecule has 0 saturated heterocycles. The second kappa shape index (κ2) is 6.83. The van der Waals surface area contributed by atoms with Gasteiger partial charge in [-0.25, -0.2) is 0 Å². The molecule has 1 unspecified atom stereocenters. The second-order valence-corrected chi connectivity index (χ2v) is 6.39. The van der Waals surface area contributed by atoms with E-state index < -0.39 is 10.8 Å². The van der Waals surface area contributed by atoms with E-state index in [2.05, 4.69) is 6.92 Å². The molecule has 3 heteroatoms. The number of carbonyl (C=O) groups is 1. The molecule has 0 saturated carbocycles. The summed E-state index contributed by atoms with van der Waals surface area (Å²) in [7, 11) is -1.02. The fraction of sp³-hybridized carbons (Fsp3) is 0.533. The summed E-state index contributed by atoms with van der Waals surface area (Å²) in [6, 6.07) is 3.95. The first kappa shape index (κ1) is 15.1. The summed E-state index contributed by atoms with van der Waals surface area (Å²) >= 11 is 0. The van der Waals surface area contributed by atoms with Crippen LogP contribution in [0.1, 0.15) is 46.8 Å². The van der Waals surface area contributed by atoms with Gasteiger partial charge in [0.05, 0.1) is 5.75 Å². The van der Waals surface area contributed by atoms with Crippen LogP contribution in [-0.2, 0) is 10.8 Å². The van der Waals surface area contributed by atoms with E-state index in [1.165, 1.54) is 5.56 Å². The van der Waals surface area contributed by atoms with E-state index in [-0.39, 0.29) is 11.5 Å². The van der Waals surface area contributed by atoms with Gasteiger partial charge in [0.2, 0.25) is 0 Å². The average molecular weight is 266 g/mol. The van der Waals surface area contributed by atoms with E-state index in [0.29, 0.717) is 5.75 Å². The van der Waals surface area contributed by atoms with Gasteiger partial charge in [-0.2, -0.15) is 0 Å². The highest BCUT2D eigenvalue weighted by molar-refractivity contribution is 7.85. The first-order valence-corrected chi connectivity index (χ1v) is 7.90. The van der Waals surface area contributed by atoms with E-state index in [1.54, 1.807) is 0 Å². The molecule has 1 aromatic rings. The number of carbonyl (C=O) groups excluding carboxylic acids is 1. The molecule has 0 amide bonds. The summed E-state index contributed by atoms with van der Waals surface area (Å²) in [6.45, 7) is 8.04. The third-order valence-electron chi connectivity index (χ3n) is 3.16. The number of Topliss-reactive ketones (excluding diaryl/α,β-unsaturated/α-hetero) is 1. The Labute approximate surface area is 112 Å². The Hall–Kier alpha value is -0.960. The Morgan fingerprint density at radius 3 is 2.33 bits per heavy atom. The first-order chi connectivity index (χ1) is 8.45. The lowest BCUT2D eigenvalue weighted by Gasteiger charge is -2.09. The van der Waals surface area contributed by atoms with Crippen molar-refractivity contribution < 1.29 is 9.00 Å². The van der Waals surface area contributed by atoms with E-state index in [4.69, 9.17) is 0 Å². The molecule has 1 rings (SSSR count). The largest absolute Gasteiger partial charge is 0.293 e. The van der Waals surface area contributed by atoms with Crippen LogP contribution in [0, 0.1) is 20.8 Å². The van der Waals surface area contributed by atoms with Gasteiger partial charge in [0.15, 0.2) is 5.78 Å². The molecule has 18 heavy (non-hydrogen) atoms. The molecule has 0 aliphatic rings. The van der Waals surface area contributed by atoms with Gasteiger partial charge in [0, 0.05) is 22.1 Å². The van der Waals surface area contributed by atoms with Crippen LogP contribution in [0.5, 0.6) is 0 Å². The fourth-order valence-electron chi connectivity index (χ4n) is 1.86. The zero-order valence-corrected chi connectivity index (χ0v) is 12.5. The van der Waals surface area contributed by atoms with Crippen LogP contribution in [0.25, 0.3) is 0 Å². The van der Waals surface area contributed by atoms with Crippen LogP contribution in [0.3, 0.4) is 0 Å². The Bertz CT molecular complexity index is 464. The lowest BCUT2D eigenvalue weighted by Crippen LogP contribution is -2.14. The molecule has 1 aromatic carbocycles. The minimum absolute atomic E-state index is 0.00466. The molecular formula is C15H22O2S. The number of ketones is 1. The molecule has 0 heterocycles. The van der Waals surface area contributed by atoms with Crippen molar-refractivity contribution in [3.63, 3.8) is 0 Å². The van der Waals surface area contributed by atoms with Gasteiger partial charge >= 0.3 is 0 Å². The Balaban J connectivity index is 2.78. The van der Waals surface area contributed by atoms with Crippen LogP contribution in [0.2, 0.25) is 0 Å². The molecule has 0 bridgehead atoms. The molecule has 0 aromatic heterocycles. The molecule has 2 nitrogen and oxygen atoms in total. The highest BCUT2D eigenvalue weighted by atomic mass is 32.2. The SMILES string of the molecule is CCCCS(=O)CC(=O)c1cc(C)c(C)cc1C. The number of rotatable bonds is 6. The van der Waals surface area contributed by atoms with Gasteiger partial charge in [-0.3, -0.25) is 9.00 Å². The van der Waals surface area contributed by atoms with Gasteiger partial charge in [-0.05, 0) is 49.9 Å². The number of benzene rings is 1. The summed E-state index contributed by atoms with van der Waals surface area (Å²) in [5.74, 6) is 0.792. The predicted octanol–water partition coefficient (Wildman–Crippen LogP) is 3.34. The summed E-state index contributed by atoms with van der Waals surface area (Å²) < 4.78 is 11.7. The average Bonchev–Trinajstić information content (AvgIpc) is 2.31. The summed E-state index contributed by atoms with van der Waals surface area (Å²) in [5, 5.41) is 0. The minimum atomic E-state index is -1.02. The molecule has 0 fully saturated rings. The van der Waals surface area contributed by atoms with Crippen molar-refractivity contribution in [3.8, 4) is 0 Å². The van der Waals surface area contributed by atoms with Crippen LogP contribution in [0.15, 0.2) is 12.1 Å². The van der Waals surface area contributed by atoms with Crippen molar-refractivity contribution >= 4 is 16.6 Å². The maximum Gasteiger partial charge on any atom is 0.175 e. The third-order valence-corrected chi connectivity index (χ3v) is 4.49. The second-order valence-electron chi connectivity index (χ2n) is 4.82. The standard InChI is InChI=1S/C15H22O2S/c1-5-6-7-18(17)10-15(16)14-9-12(3)11(2)8-13(14)4/h8-9H,5-7,10H2,1-4H3. The number of aryl methyl sites for hydroxylation is 3. The van der Waals surface area contributed by atoms with Crippen molar-refractivity contribution in [1.82, 2.24) is 0 Å². The first-order valence-electron chi connectivity index (χ1n) is 6.41. The van der Waals surface area contributed by atoms with Gasteiger partial charge in [0.25, 0.3) is 0 Å². The van der Waals surface area contributed by atoms with Crippen LogP contribution < -0.4 is 0 Å². The predicted molar refractivity (Wildman–Crippen MR) is 77.8 cm³/mol. The van der Waals surface area contributed by atoms with Crippen molar-refractivity contribution in [3.05, 3.63) is 34.4 Å². The van der Waals surface area contributed by atoms with Crippen LogP contribution >= 0.6 is 0 Å². The number of hydrogen-bond acceptors (Lipinski definition) is 2. The normalized spacial score (nSPS) is 12.4. The fourth-order valence-corrected chi connectivity index (χ4v) is 3.07. The highest BCUT2D eigenvalue weighted by Crippen LogP contribution is 2.16. The van der Waals surface area contributed by atoms with E-state index in [9.17, 15) is 9.00 Å². The summed E-state index contributed by atoms with van der Waals surface area (Å²) in [4.78, 5) is 12.1. The molecule has 0 radical (unpaired) electrons. The van der Waals surface area contributed by atoms with Crippen molar-refractivity contribution in [2.45, 2.75) is 40.5 Å². The quantitative estimate of drug-likeness (QED) is 0.740. The Kier molecular flexibility index (Phi) is 5.73. The molecular weight excluding hydrogens is 244 g/mol. The number of unbranched alkanes of at least 4 members (excludes halogenated alkanes) is 1. The minimum Gasteiger partial charge on any atom is -0.293 e. The lowest BCUT2D eigenvalue weighted by atomic mass is 9.99. The van der Waals surface area contributed by atoms with Gasteiger partial charge in [-0.1, -0.05) is 19.4 Å². The lowest BCUT2D eigenvalue weighted by molar-refractivity contribution is 0.102. The molecule has 100 valence electrons. The number of hydrogen-bond donors (Lipinski definition) is 0. The smallest absolute Gasteiger partial charge is 0.175 e. The summed E-state index contributed by atoms with van der Waals surface area (Å²) in [6.07, 6.45) is 1.94. The Morgan fingerprint density at radius 2 is 1.72 bits per heavy atom.